The second-order valence-electron chi connectivity index (χ2n) is 8.80. The van der Waals surface area contributed by atoms with Gasteiger partial charge in [-0.05, 0) is 18.6 Å². The Morgan fingerprint density at radius 1 is 1.17 bits per heavy atom. The molecule has 186 valence electrons. The largest absolute Gasteiger partial charge is 0.404 e. The van der Waals surface area contributed by atoms with Crippen molar-refractivity contribution in [1.29, 1.82) is 0 Å². The van der Waals surface area contributed by atoms with Crippen LogP contribution in [0.4, 0.5) is 24.5 Å². The van der Waals surface area contributed by atoms with Gasteiger partial charge in [0.15, 0.2) is 5.69 Å². The molecule has 0 bridgehead atoms. The number of para-hydroxylation sites is 1. The number of benzene rings is 2. The first-order valence-electron chi connectivity index (χ1n) is 10.9. The molecule has 1 fully saturated rings. The molecule has 0 saturated carbocycles. The molecule has 0 radical (unpaired) electrons. The third kappa shape index (κ3) is 3.17. The van der Waals surface area contributed by atoms with E-state index in [1.54, 1.807) is 12.1 Å². The minimum atomic E-state index is -4.87. The van der Waals surface area contributed by atoms with Crippen LogP contribution in [-0.4, -0.2) is 34.1 Å². The Morgan fingerprint density at radius 2 is 1.81 bits per heavy atom. The monoisotopic (exact) mass is 500 g/mol. The van der Waals surface area contributed by atoms with Gasteiger partial charge in [0.25, 0.3) is 5.91 Å². The third-order valence-corrected chi connectivity index (χ3v) is 6.85. The number of hydrogen-bond acceptors (Lipinski definition) is 7. The standard InChI is InChI=1S/C24H19F3N4O5/c1-12-19(31(34)35)20(36-29-12)18-17(14-8-4-3-5-9-14)21(24(25,26)27)28-23(18)15-10-6-7-11-16(15)30(13(2)32)22(23)33/h3-11,17-18,21,28H,1-2H3/t17-,18+,21-,23-/m1/s1. The van der Waals surface area contributed by atoms with E-state index >= 15 is 0 Å². The highest BCUT2D eigenvalue weighted by atomic mass is 19.4. The van der Waals surface area contributed by atoms with Crippen molar-refractivity contribution in [3.8, 4) is 0 Å². The predicted octanol–water partition coefficient (Wildman–Crippen LogP) is 4.08. The van der Waals surface area contributed by atoms with Gasteiger partial charge in [0.05, 0.1) is 16.5 Å². The molecule has 2 aromatic carbocycles. The highest BCUT2D eigenvalue weighted by Gasteiger charge is 2.71. The molecule has 1 N–H and O–H groups in total. The lowest BCUT2D eigenvalue weighted by atomic mass is 9.71. The quantitative estimate of drug-likeness (QED) is 0.425. The fraction of sp³-hybridized carbons (Fsp3) is 0.292. The van der Waals surface area contributed by atoms with Crippen LogP contribution in [-0.2, 0) is 15.1 Å². The molecule has 0 unspecified atom stereocenters. The molecule has 3 heterocycles. The topological polar surface area (TPSA) is 119 Å². The number of anilines is 1. The van der Waals surface area contributed by atoms with E-state index < -0.39 is 57.8 Å². The Bertz CT molecular complexity index is 1390. The van der Waals surface area contributed by atoms with Crippen molar-refractivity contribution in [1.82, 2.24) is 10.5 Å². The summed E-state index contributed by atoms with van der Waals surface area (Å²) in [5, 5.41) is 18.2. The van der Waals surface area contributed by atoms with Crippen LogP contribution < -0.4 is 10.2 Å². The normalized spacial score (nSPS) is 25.4. The Labute approximate surface area is 202 Å². The van der Waals surface area contributed by atoms with E-state index in [4.69, 9.17) is 4.52 Å². The molecule has 4 atom stereocenters. The molecule has 2 aliphatic rings. The average molecular weight is 500 g/mol. The number of rotatable bonds is 3. The second kappa shape index (κ2) is 7.98. The lowest BCUT2D eigenvalue weighted by Gasteiger charge is -2.30. The maximum Gasteiger partial charge on any atom is 0.404 e. The number of carbonyl (C=O) groups excluding carboxylic acids is 2. The van der Waals surface area contributed by atoms with E-state index in [0.717, 1.165) is 11.8 Å². The molecule has 5 rings (SSSR count). The zero-order valence-corrected chi connectivity index (χ0v) is 18.9. The number of aryl methyl sites for hydroxylation is 1. The molecule has 1 saturated heterocycles. The van der Waals surface area contributed by atoms with Crippen LogP contribution in [0.15, 0.2) is 59.1 Å². The van der Waals surface area contributed by atoms with Crippen LogP contribution in [0.1, 0.15) is 41.3 Å². The molecule has 3 aromatic rings. The van der Waals surface area contributed by atoms with Crippen LogP contribution in [0.2, 0.25) is 0 Å². The molecule has 2 amide bonds. The number of imide groups is 1. The molecule has 12 heteroatoms. The summed E-state index contributed by atoms with van der Waals surface area (Å²) in [5.74, 6) is -5.25. The summed E-state index contributed by atoms with van der Waals surface area (Å²) in [5.41, 5.74) is -2.58. The van der Waals surface area contributed by atoms with Crippen LogP contribution >= 0.6 is 0 Å². The summed E-state index contributed by atoms with van der Waals surface area (Å²) >= 11 is 0. The van der Waals surface area contributed by atoms with Crippen LogP contribution in [0.25, 0.3) is 0 Å². The first kappa shape index (κ1) is 23.7. The van der Waals surface area contributed by atoms with Gasteiger partial charge < -0.3 is 4.52 Å². The highest BCUT2D eigenvalue weighted by molar-refractivity contribution is 6.22. The smallest absolute Gasteiger partial charge is 0.353 e. The van der Waals surface area contributed by atoms with Crippen molar-refractivity contribution in [2.45, 2.75) is 43.4 Å². The fourth-order valence-corrected chi connectivity index (χ4v) is 5.56. The lowest BCUT2D eigenvalue weighted by Crippen LogP contribution is -2.54. The zero-order chi connectivity index (χ0) is 26.0. The summed E-state index contributed by atoms with van der Waals surface area (Å²) in [4.78, 5) is 38.5. The zero-order valence-electron chi connectivity index (χ0n) is 18.9. The molecule has 36 heavy (non-hydrogen) atoms. The van der Waals surface area contributed by atoms with Gasteiger partial charge in [0.2, 0.25) is 11.7 Å². The fourth-order valence-electron chi connectivity index (χ4n) is 5.56. The summed E-state index contributed by atoms with van der Waals surface area (Å²) in [6.45, 7) is 2.42. The van der Waals surface area contributed by atoms with Crippen LogP contribution in [0.3, 0.4) is 0 Å². The number of nitrogens with one attached hydrogen (secondary N) is 1. The van der Waals surface area contributed by atoms with E-state index in [-0.39, 0.29) is 22.5 Å². The van der Waals surface area contributed by atoms with Crippen LogP contribution in [0, 0.1) is 17.0 Å². The Kier molecular flexibility index (Phi) is 5.25. The van der Waals surface area contributed by atoms with Gasteiger partial charge in [0, 0.05) is 18.4 Å². The maximum absolute atomic E-state index is 14.6. The molecule has 1 spiro atoms. The number of fused-ring (bicyclic) bond motifs is 2. The third-order valence-electron chi connectivity index (χ3n) is 6.85. The van der Waals surface area contributed by atoms with Gasteiger partial charge >= 0.3 is 11.9 Å². The minimum absolute atomic E-state index is 0.0891. The summed E-state index contributed by atoms with van der Waals surface area (Å²) < 4.78 is 49.2. The lowest BCUT2D eigenvalue weighted by molar-refractivity contribution is -0.386. The van der Waals surface area contributed by atoms with E-state index in [2.05, 4.69) is 10.5 Å². The van der Waals surface area contributed by atoms with E-state index in [1.807, 2.05) is 0 Å². The van der Waals surface area contributed by atoms with Gasteiger partial charge in [0.1, 0.15) is 11.6 Å². The van der Waals surface area contributed by atoms with Crippen LogP contribution in [0.5, 0.6) is 0 Å². The summed E-state index contributed by atoms with van der Waals surface area (Å²) in [7, 11) is 0. The van der Waals surface area contributed by atoms with Crippen molar-refractivity contribution in [3.63, 3.8) is 0 Å². The molecule has 2 aliphatic heterocycles. The maximum atomic E-state index is 14.6. The molecular weight excluding hydrogens is 481 g/mol. The second-order valence-corrected chi connectivity index (χ2v) is 8.80. The van der Waals surface area contributed by atoms with Crippen molar-refractivity contribution >= 4 is 23.2 Å². The number of alkyl halides is 3. The highest BCUT2D eigenvalue weighted by Crippen LogP contribution is 2.61. The molecular formula is C24H19F3N4O5. The first-order valence-corrected chi connectivity index (χ1v) is 10.9. The van der Waals surface area contributed by atoms with Gasteiger partial charge in [-0.1, -0.05) is 53.7 Å². The number of carbonyl (C=O) groups is 2. The van der Waals surface area contributed by atoms with Crippen molar-refractivity contribution in [2.24, 2.45) is 0 Å². The Morgan fingerprint density at radius 3 is 2.42 bits per heavy atom. The number of nitro groups is 1. The number of halogens is 3. The van der Waals surface area contributed by atoms with Gasteiger partial charge in [-0.25, -0.2) is 4.90 Å². The van der Waals surface area contributed by atoms with Crippen molar-refractivity contribution in [2.75, 3.05) is 4.90 Å². The molecule has 1 aromatic heterocycles. The van der Waals surface area contributed by atoms with Gasteiger partial charge in [-0.2, -0.15) is 13.2 Å². The summed E-state index contributed by atoms with van der Waals surface area (Å²) in [6.07, 6.45) is -4.87. The number of aromatic nitrogens is 1. The van der Waals surface area contributed by atoms with Crippen molar-refractivity contribution in [3.05, 3.63) is 87.3 Å². The number of hydrogen-bond donors (Lipinski definition) is 1. The average Bonchev–Trinajstić information content (AvgIpc) is 3.45. The molecule has 0 aliphatic carbocycles. The van der Waals surface area contributed by atoms with Crippen molar-refractivity contribution < 1.29 is 32.2 Å². The SMILES string of the molecule is CC(=O)N1C(=O)[C@@]2(N[C@@H](C(F)(F)F)[C@H](c3ccccc3)[C@H]2c2onc(C)c2[N+](=O)[O-])c2ccccc21. The minimum Gasteiger partial charge on any atom is -0.353 e. The van der Waals surface area contributed by atoms with E-state index in [9.17, 15) is 32.9 Å². The van der Waals surface area contributed by atoms with Gasteiger partial charge in [-0.3, -0.25) is 25.0 Å². The number of amides is 2. The summed E-state index contributed by atoms with van der Waals surface area (Å²) in [6, 6.07) is 11.3. The van der Waals surface area contributed by atoms with Gasteiger partial charge in [-0.15, -0.1) is 0 Å². The Hall–Kier alpha value is -4.06. The van der Waals surface area contributed by atoms with E-state index in [0.29, 0.717) is 0 Å². The first-order chi connectivity index (χ1) is 17.0. The number of nitrogens with zero attached hydrogens (tertiary/aromatic N) is 3. The Balaban J connectivity index is 1.89. The molecule has 9 nitrogen and oxygen atoms in total. The predicted molar refractivity (Wildman–Crippen MR) is 119 cm³/mol. The van der Waals surface area contributed by atoms with E-state index in [1.165, 1.54) is 49.4 Å².